The molecule has 0 saturated carbocycles. The summed E-state index contributed by atoms with van der Waals surface area (Å²) in [6.07, 6.45) is 1.33. The Balaban J connectivity index is 2.69. The van der Waals surface area contributed by atoms with Gasteiger partial charge in [-0.25, -0.2) is 4.79 Å². The molecule has 0 unspecified atom stereocenters. The first-order chi connectivity index (χ1) is 9.85. The zero-order valence-electron chi connectivity index (χ0n) is 11.3. The van der Waals surface area contributed by atoms with Gasteiger partial charge in [0, 0.05) is 12.7 Å². The van der Waals surface area contributed by atoms with Gasteiger partial charge in [0.05, 0.1) is 19.3 Å². The number of anilines is 1. The minimum Gasteiger partial charge on any atom is -0.394 e. The van der Waals surface area contributed by atoms with Crippen molar-refractivity contribution < 1.29 is 24.2 Å². The van der Waals surface area contributed by atoms with E-state index in [1.807, 2.05) is 0 Å². The lowest BCUT2D eigenvalue weighted by Gasteiger charge is -2.17. The maximum Gasteiger partial charge on any atom is 0.350 e. The standard InChI is InChI=1S/C11H18N3O6P/c1-2-4-12-10-3-5-14(11(16)13-10)6-9(7-15)20-8-21(17,18)19/h2-3,5,9,15H,1,4,6-8H2,(H,12,13,16)(H2,17,18,19)/t9-/m0/s1. The SMILES string of the molecule is C=CCNc1ccn(C[C@@H](CO)OCP(=O)(O)O)c(=O)n1. The summed E-state index contributed by atoms with van der Waals surface area (Å²) in [4.78, 5) is 32.9. The zero-order chi connectivity index (χ0) is 15.9. The van der Waals surface area contributed by atoms with Crippen molar-refractivity contribution in [1.82, 2.24) is 9.55 Å². The summed E-state index contributed by atoms with van der Waals surface area (Å²) >= 11 is 0. The van der Waals surface area contributed by atoms with Gasteiger partial charge in [-0.1, -0.05) is 6.08 Å². The molecule has 0 saturated heterocycles. The van der Waals surface area contributed by atoms with E-state index in [-0.39, 0.29) is 6.54 Å². The van der Waals surface area contributed by atoms with Gasteiger partial charge < -0.3 is 24.9 Å². The molecule has 0 spiro atoms. The molecule has 0 fully saturated rings. The second-order valence-electron chi connectivity index (χ2n) is 4.18. The summed E-state index contributed by atoms with van der Waals surface area (Å²) in [7, 11) is -4.33. The third-order valence-electron chi connectivity index (χ3n) is 2.38. The van der Waals surface area contributed by atoms with Crippen LogP contribution in [0.2, 0.25) is 0 Å². The summed E-state index contributed by atoms with van der Waals surface area (Å²) in [6, 6.07) is 1.56. The highest BCUT2D eigenvalue weighted by atomic mass is 31.2. The lowest BCUT2D eigenvalue weighted by Crippen LogP contribution is -2.32. The number of ether oxygens (including phenoxy) is 1. The first kappa shape index (κ1) is 17.5. The van der Waals surface area contributed by atoms with Crippen molar-refractivity contribution in [3.8, 4) is 0 Å². The van der Waals surface area contributed by atoms with Crippen LogP contribution in [0.15, 0.2) is 29.7 Å². The Morgan fingerprint density at radius 1 is 1.57 bits per heavy atom. The average Bonchev–Trinajstić information content (AvgIpc) is 2.42. The van der Waals surface area contributed by atoms with Crippen LogP contribution in [0.5, 0.6) is 0 Å². The van der Waals surface area contributed by atoms with Gasteiger partial charge in [-0.05, 0) is 6.07 Å². The molecule has 118 valence electrons. The highest BCUT2D eigenvalue weighted by Crippen LogP contribution is 2.34. The lowest BCUT2D eigenvalue weighted by molar-refractivity contribution is 0.0188. The highest BCUT2D eigenvalue weighted by molar-refractivity contribution is 7.51. The molecule has 0 aliphatic carbocycles. The van der Waals surface area contributed by atoms with Gasteiger partial charge in [-0.3, -0.25) is 9.13 Å². The van der Waals surface area contributed by atoms with Gasteiger partial charge in [0.15, 0.2) is 0 Å². The van der Waals surface area contributed by atoms with Crippen molar-refractivity contribution in [2.45, 2.75) is 12.6 Å². The molecule has 0 aliphatic rings. The Bertz CT molecular complexity index is 569. The van der Waals surface area contributed by atoms with Crippen molar-refractivity contribution in [2.75, 3.05) is 24.8 Å². The number of aliphatic hydroxyl groups is 1. The molecule has 1 heterocycles. The van der Waals surface area contributed by atoms with Gasteiger partial charge >= 0.3 is 13.3 Å². The van der Waals surface area contributed by atoms with Gasteiger partial charge in [0.1, 0.15) is 12.2 Å². The number of hydrogen-bond donors (Lipinski definition) is 4. The third kappa shape index (κ3) is 6.65. The maximum atomic E-state index is 11.8. The predicted molar refractivity (Wildman–Crippen MR) is 76.1 cm³/mol. The van der Waals surface area contributed by atoms with E-state index in [2.05, 4.69) is 16.9 Å². The fourth-order valence-corrected chi connectivity index (χ4v) is 1.83. The first-order valence-corrected chi connectivity index (χ1v) is 7.84. The van der Waals surface area contributed by atoms with Crippen LogP contribution in [0, 0.1) is 0 Å². The molecule has 0 aliphatic heterocycles. The molecule has 1 aromatic rings. The fourth-order valence-electron chi connectivity index (χ4n) is 1.43. The summed E-state index contributed by atoms with van der Waals surface area (Å²) in [5, 5.41) is 12.0. The smallest absolute Gasteiger partial charge is 0.350 e. The van der Waals surface area contributed by atoms with Crippen LogP contribution in [0.4, 0.5) is 5.82 Å². The summed E-state index contributed by atoms with van der Waals surface area (Å²) < 4.78 is 16.8. The Labute approximate surface area is 121 Å². The van der Waals surface area contributed by atoms with Crippen molar-refractivity contribution in [3.05, 3.63) is 35.4 Å². The molecule has 1 aromatic heterocycles. The molecular formula is C11H18N3O6P. The van der Waals surface area contributed by atoms with Gasteiger partial charge in [-0.2, -0.15) is 4.98 Å². The monoisotopic (exact) mass is 319 g/mol. The van der Waals surface area contributed by atoms with E-state index < -0.39 is 32.3 Å². The Hall–Kier alpha value is -1.51. The number of aromatic nitrogens is 2. The zero-order valence-corrected chi connectivity index (χ0v) is 12.1. The molecule has 0 amide bonds. The van der Waals surface area contributed by atoms with Crippen LogP contribution in [-0.2, 0) is 15.8 Å². The summed E-state index contributed by atoms with van der Waals surface area (Å²) in [6.45, 7) is 3.44. The normalized spacial score (nSPS) is 12.9. The van der Waals surface area contributed by atoms with E-state index in [0.29, 0.717) is 12.4 Å². The van der Waals surface area contributed by atoms with E-state index in [9.17, 15) is 9.36 Å². The molecule has 0 radical (unpaired) electrons. The van der Waals surface area contributed by atoms with Crippen LogP contribution in [0.25, 0.3) is 0 Å². The van der Waals surface area contributed by atoms with Crippen LogP contribution in [0.3, 0.4) is 0 Å². The minimum absolute atomic E-state index is 0.0654. The van der Waals surface area contributed by atoms with E-state index in [0.717, 1.165) is 0 Å². The number of aliphatic hydroxyl groups excluding tert-OH is 1. The van der Waals surface area contributed by atoms with Gasteiger partial charge in [0.2, 0.25) is 0 Å². The lowest BCUT2D eigenvalue weighted by atomic mass is 10.3. The predicted octanol–water partition coefficient (Wildman–Crippen LogP) is -0.646. The Morgan fingerprint density at radius 2 is 2.29 bits per heavy atom. The minimum atomic E-state index is -4.33. The van der Waals surface area contributed by atoms with Crippen molar-refractivity contribution in [1.29, 1.82) is 0 Å². The molecule has 10 heteroatoms. The second-order valence-corrected chi connectivity index (χ2v) is 5.77. The second kappa shape index (κ2) is 8.06. The molecular weight excluding hydrogens is 301 g/mol. The number of nitrogens with one attached hydrogen (secondary N) is 1. The van der Waals surface area contributed by atoms with Crippen molar-refractivity contribution in [2.24, 2.45) is 0 Å². The molecule has 4 N–H and O–H groups in total. The van der Waals surface area contributed by atoms with Crippen LogP contribution in [0.1, 0.15) is 0 Å². The van der Waals surface area contributed by atoms with E-state index in [1.165, 1.54) is 10.8 Å². The van der Waals surface area contributed by atoms with E-state index in [1.54, 1.807) is 12.1 Å². The topological polar surface area (TPSA) is 134 Å². The molecule has 21 heavy (non-hydrogen) atoms. The number of nitrogens with zero attached hydrogens (tertiary/aromatic N) is 2. The van der Waals surface area contributed by atoms with Crippen LogP contribution >= 0.6 is 7.60 Å². The maximum absolute atomic E-state index is 11.8. The fraction of sp³-hybridized carbons (Fsp3) is 0.455. The first-order valence-electron chi connectivity index (χ1n) is 6.05. The molecule has 9 nitrogen and oxygen atoms in total. The quantitative estimate of drug-likeness (QED) is 0.349. The van der Waals surface area contributed by atoms with Gasteiger partial charge in [-0.15, -0.1) is 6.58 Å². The van der Waals surface area contributed by atoms with E-state index in [4.69, 9.17) is 19.6 Å². The number of hydrogen-bond acceptors (Lipinski definition) is 6. The molecule has 1 atom stereocenters. The highest BCUT2D eigenvalue weighted by Gasteiger charge is 2.18. The van der Waals surface area contributed by atoms with Gasteiger partial charge in [0.25, 0.3) is 0 Å². The summed E-state index contributed by atoms with van der Waals surface area (Å²) in [5.74, 6) is 0.382. The third-order valence-corrected chi connectivity index (χ3v) is 2.87. The van der Waals surface area contributed by atoms with Crippen molar-refractivity contribution >= 4 is 13.4 Å². The van der Waals surface area contributed by atoms with Crippen molar-refractivity contribution in [3.63, 3.8) is 0 Å². The molecule has 0 bridgehead atoms. The summed E-state index contributed by atoms with van der Waals surface area (Å²) in [5.41, 5.74) is -0.567. The van der Waals surface area contributed by atoms with E-state index >= 15 is 0 Å². The van der Waals surface area contributed by atoms with Crippen LogP contribution < -0.4 is 11.0 Å². The number of rotatable bonds is 9. The molecule has 1 rings (SSSR count). The largest absolute Gasteiger partial charge is 0.394 e. The average molecular weight is 319 g/mol. The molecule has 0 aromatic carbocycles. The Morgan fingerprint density at radius 3 is 2.81 bits per heavy atom. The van der Waals surface area contributed by atoms with Crippen LogP contribution in [-0.4, -0.2) is 50.0 Å². The Kier molecular flexibility index (Phi) is 6.73.